The highest BCUT2D eigenvalue weighted by molar-refractivity contribution is 9.10. The average Bonchev–Trinajstić information content (AvgIpc) is 2.78. The van der Waals surface area contributed by atoms with E-state index in [9.17, 15) is 13.6 Å². The maximum atomic E-state index is 13.7. The molecular formula is C13H10BrF2NO2S. The molecule has 0 spiro atoms. The quantitative estimate of drug-likeness (QED) is 0.832. The first-order valence-corrected chi connectivity index (χ1v) is 7.29. The summed E-state index contributed by atoms with van der Waals surface area (Å²) in [5, 5.41) is 13.6. The van der Waals surface area contributed by atoms with E-state index in [0.29, 0.717) is 6.07 Å². The van der Waals surface area contributed by atoms with Crippen LogP contribution in [0.25, 0.3) is 0 Å². The summed E-state index contributed by atoms with van der Waals surface area (Å²) in [6.07, 6.45) is 0. The monoisotopic (exact) mass is 361 g/mol. The average molecular weight is 362 g/mol. The van der Waals surface area contributed by atoms with Crippen molar-refractivity contribution < 1.29 is 18.7 Å². The van der Waals surface area contributed by atoms with Crippen molar-refractivity contribution in [3.63, 3.8) is 0 Å². The van der Waals surface area contributed by atoms with Gasteiger partial charge < -0.3 is 10.4 Å². The number of hydrogen-bond acceptors (Lipinski definition) is 3. The lowest BCUT2D eigenvalue weighted by Crippen LogP contribution is -2.10. The van der Waals surface area contributed by atoms with Gasteiger partial charge in [0.15, 0.2) is 0 Å². The van der Waals surface area contributed by atoms with Gasteiger partial charge in [0, 0.05) is 15.4 Å². The first-order chi connectivity index (χ1) is 9.40. The van der Waals surface area contributed by atoms with E-state index in [1.54, 1.807) is 6.92 Å². The molecule has 2 N–H and O–H groups in total. The SMILES string of the molecule is CC(Nc1cc(C(=O)O)c(F)cc1F)c1sccc1Br. The summed E-state index contributed by atoms with van der Waals surface area (Å²) >= 11 is 4.84. The summed E-state index contributed by atoms with van der Waals surface area (Å²) in [6.45, 7) is 1.81. The van der Waals surface area contributed by atoms with E-state index in [4.69, 9.17) is 5.11 Å². The molecule has 106 valence electrons. The molecule has 3 nitrogen and oxygen atoms in total. The van der Waals surface area contributed by atoms with Crippen molar-refractivity contribution >= 4 is 38.9 Å². The van der Waals surface area contributed by atoms with Gasteiger partial charge in [-0.25, -0.2) is 13.6 Å². The Balaban J connectivity index is 2.32. The number of carboxylic acid groups (broad SMARTS) is 1. The van der Waals surface area contributed by atoms with Crippen molar-refractivity contribution in [2.75, 3.05) is 5.32 Å². The van der Waals surface area contributed by atoms with E-state index in [0.717, 1.165) is 15.4 Å². The van der Waals surface area contributed by atoms with Gasteiger partial charge >= 0.3 is 5.97 Å². The fraction of sp³-hybridized carbons (Fsp3) is 0.154. The van der Waals surface area contributed by atoms with E-state index in [1.165, 1.54) is 11.3 Å². The maximum Gasteiger partial charge on any atom is 0.338 e. The van der Waals surface area contributed by atoms with Crippen LogP contribution >= 0.6 is 27.3 Å². The number of carboxylic acids is 1. The minimum Gasteiger partial charge on any atom is -0.478 e. The molecular weight excluding hydrogens is 352 g/mol. The largest absolute Gasteiger partial charge is 0.478 e. The number of anilines is 1. The molecule has 1 unspecified atom stereocenters. The molecule has 0 saturated carbocycles. The van der Waals surface area contributed by atoms with E-state index in [2.05, 4.69) is 21.2 Å². The topological polar surface area (TPSA) is 49.3 Å². The number of halogens is 3. The van der Waals surface area contributed by atoms with E-state index < -0.39 is 23.2 Å². The Labute approximate surface area is 126 Å². The Morgan fingerprint density at radius 1 is 1.40 bits per heavy atom. The van der Waals surface area contributed by atoms with Crippen molar-refractivity contribution in [1.82, 2.24) is 0 Å². The molecule has 1 atom stereocenters. The third-order valence-electron chi connectivity index (χ3n) is 2.70. The zero-order valence-electron chi connectivity index (χ0n) is 10.3. The smallest absolute Gasteiger partial charge is 0.338 e. The van der Waals surface area contributed by atoms with Crippen LogP contribution in [0.15, 0.2) is 28.1 Å². The van der Waals surface area contributed by atoms with Gasteiger partial charge in [-0.05, 0) is 40.4 Å². The second kappa shape index (κ2) is 5.88. The molecule has 0 bridgehead atoms. The fourth-order valence-corrected chi connectivity index (χ4v) is 3.46. The normalized spacial score (nSPS) is 12.2. The molecule has 0 saturated heterocycles. The van der Waals surface area contributed by atoms with Crippen molar-refractivity contribution in [2.45, 2.75) is 13.0 Å². The molecule has 2 rings (SSSR count). The standard InChI is InChI=1S/C13H10BrF2NO2S/c1-6(12-8(14)2-3-20-12)17-11-4-7(13(18)19)9(15)5-10(11)16/h2-6,17H,1H3,(H,18,19). The first kappa shape index (κ1) is 14.9. The van der Waals surface area contributed by atoms with Crippen LogP contribution in [0.4, 0.5) is 14.5 Å². The molecule has 0 amide bonds. The van der Waals surface area contributed by atoms with Gasteiger partial charge in [0.2, 0.25) is 0 Å². The summed E-state index contributed by atoms with van der Waals surface area (Å²) < 4.78 is 27.9. The third-order valence-corrected chi connectivity index (χ3v) is 4.75. The molecule has 1 heterocycles. The first-order valence-electron chi connectivity index (χ1n) is 5.62. The Bertz CT molecular complexity index is 660. The Kier molecular flexibility index (Phi) is 4.39. The minimum atomic E-state index is -1.43. The Hall–Kier alpha value is -1.47. The molecule has 0 fully saturated rings. The van der Waals surface area contributed by atoms with Gasteiger partial charge in [0.1, 0.15) is 11.6 Å². The van der Waals surface area contributed by atoms with E-state index >= 15 is 0 Å². The van der Waals surface area contributed by atoms with Crippen LogP contribution in [0, 0.1) is 11.6 Å². The van der Waals surface area contributed by atoms with Crippen LogP contribution in [-0.2, 0) is 0 Å². The number of benzene rings is 1. The molecule has 7 heteroatoms. The van der Waals surface area contributed by atoms with Crippen LogP contribution in [0.3, 0.4) is 0 Å². The summed E-state index contributed by atoms with van der Waals surface area (Å²) in [4.78, 5) is 11.8. The van der Waals surface area contributed by atoms with Crippen LogP contribution in [0.1, 0.15) is 28.2 Å². The third kappa shape index (κ3) is 2.99. The molecule has 0 aliphatic rings. The molecule has 0 aliphatic heterocycles. The van der Waals surface area contributed by atoms with E-state index in [1.807, 2.05) is 11.4 Å². The minimum absolute atomic E-state index is 0.0448. The fourth-order valence-electron chi connectivity index (χ4n) is 1.74. The van der Waals surface area contributed by atoms with Crippen molar-refractivity contribution in [1.29, 1.82) is 0 Å². The molecule has 1 aromatic heterocycles. The Morgan fingerprint density at radius 3 is 2.65 bits per heavy atom. The van der Waals surface area contributed by atoms with Crippen LogP contribution in [0.2, 0.25) is 0 Å². The summed E-state index contributed by atoms with van der Waals surface area (Å²) in [7, 11) is 0. The predicted octanol–water partition coefficient (Wildman–Crippen LogP) is 4.66. The van der Waals surface area contributed by atoms with Crippen molar-refractivity contribution in [3.05, 3.63) is 50.1 Å². The van der Waals surface area contributed by atoms with Gasteiger partial charge in [-0.2, -0.15) is 0 Å². The zero-order chi connectivity index (χ0) is 14.9. The predicted molar refractivity (Wildman–Crippen MR) is 77.4 cm³/mol. The number of carbonyl (C=O) groups is 1. The molecule has 0 aliphatic carbocycles. The number of hydrogen-bond donors (Lipinski definition) is 2. The Morgan fingerprint density at radius 2 is 2.10 bits per heavy atom. The molecule has 1 aromatic carbocycles. The summed E-state index contributed by atoms with van der Waals surface area (Å²) in [5.41, 5.74) is -0.608. The van der Waals surface area contributed by atoms with Gasteiger partial charge in [-0.15, -0.1) is 11.3 Å². The lowest BCUT2D eigenvalue weighted by molar-refractivity contribution is 0.0692. The van der Waals surface area contributed by atoms with Gasteiger partial charge in [-0.1, -0.05) is 0 Å². The molecule has 2 aromatic rings. The van der Waals surface area contributed by atoms with Crippen LogP contribution in [0.5, 0.6) is 0 Å². The van der Waals surface area contributed by atoms with E-state index in [-0.39, 0.29) is 11.7 Å². The summed E-state index contributed by atoms with van der Waals surface area (Å²) in [5.74, 6) is -3.35. The second-order valence-electron chi connectivity index (χ2n) is 4.12. The molecule has 20 heavy (non-hydrogen) atoms. The van der Waals surface area contributed by atoms with Gasteiger partial charge in [-0.3, -0.25) is 0 Å². The number of rotatable bonds is 4. The van der Waals surface area contributed by atoms with Crippen LogP contribution in [-0.4, -0.2) is 11.1 Å². The highest BCUT2D eigenvalue weighted by Crippen LogP contribution is 2.32. The molecule has 0 radical (unpaired) electrons. The zero-order valence-corrected chi connectivity index (χ0v) is 12.7. The lowest BCUT2D eigenvalue weighted by Gasteiger charge is -2.16. The van der Waals surface area contributed by atoms with Gasteiger partial charge in [0.05, 0.1) is 17.3 Å². The number of thiophene rings is 1. The van der Waals surface area contributed by atoms with Crippen LogP contribution < -0.4 is 5.32 Å². The number of aromatic carboxylic acids is 1. The highest BCUT2D eigenvalue weighted by Gasteiger charge is 2.18. The van der Waals surface area contributed by atoms with Crippen molar-refractivity contribution in [2.24, 2.45) is 0 Å². The maximum absolute atomic E-state index is 13.7. The van der Waals surface area contributed by atoms with Crippen molar-refractivity contribution in [3.8, 4) is 0 Å². The lowest BCUT2D eigenvalue weighted by atomic mass is 10.1. The number of nitrogens with one attached hydrogen (secondary N) is 1. The van der Waals surface area contributed by atoms with Gasteiger partial charge in [0.25, 0.3) is 0 Å². The second-order valence-corrected chi connectivity index (χ2v) is 5.92. The summed E-state index contributed by atoms with van der Waals surface area (Å²) in [6, 6.07) is 3.15. The highest BCUT2D eigenvalue weighted by atomic mass is 79.9.